The molecule has 1 aliphatic heterocycles. The number of nitrogens with zero attached hydrogens (tertiary/aromatic N) is 1. The molecule has 1 N–H and O–H groups in total. The molecule has 2 heterocycles. The van der Waals surface area contributed by atoms with Crippen molar-refractivity contribution in [2.75, 3.05) is 19.6 Å². The minimum absolute atomic E-state index is 0.0353. The minimum Gasteiger partial charge on any atom is -0.356 e. The maximum absolute atomic E-state index is 12.1. The summed E-state index contributed by atoms with van der Waals surface area (Å²) in [6.45, 7) is 1.74. The molecule has 0 bridgehead atoms. The van der Waals surface area contributed by atoms with E-state index >= 15 is 0 Å². The van der Waals surface area contributed by atoms with Gasteiger partial charge < -0.3 is 10.2 Å². The van der Waals surface area contributed by atoms with Gasteiger partial charge in [0, 0.05) is 19.6 Å². The quantitative estimate of drug-likeness (QED) is 0.829. The van der Waals surface area contributed by atoms with Gasteiger partial charge in [0.15, 0.2) is 0 Å². The molecule has 1 aliphatic rings. The summed E-state index contributed by atoms with van der Waals surface area (Å²) in [7, 11) is 0. The largest absolute Gasteiger partial charge is 0.356 e. The van der Waals surface area contributed by atoms with E-state index < -0.39 is 0 Å². The predicted molar refractivity (Wildman–Crippen MR) is 91.5 cm³/mol. The van der Waals surface area contributed by atoms with Gasteiger partial charge in [0.2, 0.25) is 5.91 Å². The van der Waals surface area contributed by atoms with Crippen molar-refractivity contribution in [2.24, 2.45) is 5.92 Å². The number of rotatable bonds is 6. The van der Waals surface area contributed by atoms with Crippen LogP contribution in [0, 0.1) is 5.92 Å². The maximum Gasteiger partial charge on any atom is 0.263 e. The SMILES string of the molecule is O=C(NCCCc1ccccc1)C1CN(C(=O)c2cccs2)C1. The second-order valence-electron chi connectivity index (χ2n) is 5.76. The molecule has 0 radical (unpaired) electrons. The number of carbonyl (C=O) groups excluding carboxylic acids is 2. The Bertz CT molecular complexity index is 649. The Morgan fingerprint density at radius 3 is 2.61 bits per heavy atom. The molecule has 1 fully saturated rings. The van der Waals surface area contributed by atoms with Gasteiger partial charge >= 0.3 is 0 Å². The smallest absolute Gasteiger partial charge is 0.263 e. The molecular formula is C18H20N2O2S. The first-order valence-electron chi connectivity index (χ1n) is 7.88. The zero-order valence-corrected chi connectivity index (χ0v) is 13.7. The first-order chi connectivity index (χ1) is 11.2. The molecule has 2 aromatic rings. The lowest BCUT2D eigenvalue weighted by Gasteiger charge is -2.37. The molecule has 0 aliphatic carbocycles. The van der Waals surface area contributed by atoms with Crippen molar-refractivity contribution in [3.63, 3.8) is 0 Å². The summed E-state index contributed by atoms with van der Waals surface area (Å²) in [6.07, 6.45) is 1.90. The van der Waals surface area contributed by atoms with Crippen molar-refractivity contribution in [1.82, 2.24) is 10.2 Å². The van der Waals surface area contributed by atoms with E-state index in [1.165, 1.54) is 16.9 Å². The predicted octanol–water partition coefficient (Wildman–Crippen LogP) is 2.57. The fourth-order valence-electron chi connectivity index (χ4n) is 2.66. The fraction of sp³-hybridized carbons (Fsp3) is 0.333. The molecule has 1 aromatic heterocycles. The fourth-order valence-corrected chi connectivity index (χ4v) is 3.35. The molecule has 1 saturated heterocycles. The lowest BCUT2D eigenvalue weighted by Crippen LogP contribution is -2.55. The zero-order chi connectivity index (χ0) is 16.1. The Hall–Kier alpha value is -2.14. The number of benzene rings is 1. The van der Waals surface area contributed by atoms with Crippen LogP contribution in [-0.2, 0) is 11.2 Å². The highest BCUT2D eigenvalue weighted by molar-refractivity contribution is 7.12. The van der Waals surface area contributed by atoms with Crippen molar-refractivity contribution in [2.45, 2.75) is 12.8 Å². The summed E-state index contributed by atoms with van der Waals surface area (Å²) in [4.78, 5) is 26.6. The number of nitrogens with one attached hydrogen (secondary N) is 1. The Kier molecular flexibility index (Phi) is 5.08. The molecule has 4 nitrogen and oxygen atoms in total. The molecule has 23 heavy (non-hydrogen) atoms. The van der Waals surface area contributed by atoms with Gasteiger partial charge in [-0.1, -0.05) is 36.4 Å². The van der Waals surface area contributed by atoms with E-state index in [-0.39, 0.29) is 17.7 Å². The maximum atomic E-state index is 12.1. The van der Waals surface area contributed by atoms with Crippen LogP contribution in [0.25, 0.3) is 0 Å². The summed E-state index contributed by atoms with van der Waals surface area (Å²) in [6, 6.07) is 14.0. The van der Waals surface area contributed by atoms with Gasteiger partial charge in [0.1, 0.15) is 0 Å². The number of aryl methyl sites for hydroxylation is 1. The first-order valence-corrected chi connectivity index (χ1v) is 8.76. The van der Waals surface area contributed by atoms with Crippen LogP contribution in [0.3, 0.4) is 0 Å². The monoisotopic (exact) mass is 328 g/mol. The van der Waals surface area contributed by atoms with E-state index in [4.69, 9.17) is 0 Å². The molecule has 2 amide bonds. The van der Waals surface area contributed by atoms with Gasteiger partial charge in [-0.2, -0.15) is 0 Å². The van der Waals surface area contributed by atoms with Gasteiger partial charge in [0.25, 0.3) is 5.91 Å². The normalized spacial score (nSPS) is 14.3. The average molecular weight is 328 g/mol. The number of likely N-dealkylation sites (tertiary alicyclic amines) is 1. The molecule has 3 rings (SSSR count). The highest BCUT2D eigenvalue weighted by atomic mass is 32.1. The molecule has 5 heteroatoms. The van der Waals surface area contributed by atoms with Crippen molar-refractivity contribution in [1.29, 1.82) is 0 Å². The van der Waals surface area contributed by atoms with Crippen molar-refractivity contribution < 1.29 is 9.59 Å². The van der Waals surface area contributed by atoms with E-state index in [0.717, 1.165) is 17.7 Å². The van der Waals surface area contributed by atoms with Crippen LogP contribution in [-0.4, -0.2) is 36.3 Å². The standard InChI is InChI=1S/C18H20N2O2S/c21-17(19-10-4-8-14-6-2-1-3-7-14)15-12-20(13-15)18(22)16-9-5-11-23-16/h1-3,5-7,9,11,15H,4,8,10,12-13H2,(H,19,21). The summed E-state index contributed by atoms with van der Waals surface area (Å²) >= 11 is 1.44. The van der Waals surface area contributed by atoms with Crippen molar-refractivity contribution in [3.8, 4) is 0 Å². The van der Waals surface area contributed by atoms with Gasteiger partial charge in [-0.3, -0.25) is 9.59 Å². The Morgan fingerprint density at radius 1 is 1.13 bits per heavy atom. The topological polar surface area (TPSA) is 49.4 Å². The van der Waals surface area contributed by atoms with Crippen LogP contribution in [0.15, 0.2) is 47.8 Å². The molecule has 0 unspecified atom stereocenters. The third-order valence-electron chi connectivity index (χ3n) is 4.06. The van der Waals surface area contributed by atoms with Crippen LogP contribution < -0.4 is 5.32 Å². The van der Waals surface area contributed by atoms with Crippen LogP contribution in [0.2, 0.25) is 0 Å². The van der Waals surface area contributed by atoms with Gasteiger partial charge in [-0.05, 0) is 29.9 Å². The summed E-state index contributed by atoms with van der Waals surface area (Å²) < 4.78 is 0. The minimum atomic E-state index is -0.0596. The molecule has 0 spiro atoms. The average Bonchev–Trinajstić information content (AvgIpc) is 3.05. The zero-order valence-electron chi connectivity index (χ0n) is 12.9. The summed E-state index contributed by atoms with van der Waals surface area (Å²) in [5.41, 5.74) is 1.29. The summed E-state index contributed by atoms with van der Waals surface area (Å²) in [5, 5.41) is 4.87. The molecule has 1 aromatic carbocycles. The van der Waals surface area contributed by atoms with Gasteiger partial charge in [-0.15, -0.1) is 11.3 Å². The Balaban J connectivity index is 1.34. The van der Waals surface area contributed by atoms with E-state index in [9.17, 15) is 9.59 Å². The molecular weight excluding hydrogens is 308 g/mol. The second-order valence-corrected chi connectivity index (χ2v) is 6.71. The number of hydrogen-bond donors (Lipinski definition) is 1. The van der Waals surface area contributed by atoms with E-state index in [1.54, 1.807) is 4.90 Å². The lowest BCUT2D eigenvalue weighted by molar-refractivity contribution is -0.128. The second kappa shape index (κ2) is 7.42. The third-order valence-corrected chi connectivity index (χ3v) is 4.91. The highest BCUT2D eigenvalue weighted by Crippen LogP contribution is 2.21. The number of carbonyl (C=O) groups is 2. The van der Waals surface area contributed by atoms with Gasteiger partial charge in [-0.25, -0.2) is 0 Å². The highest BCUT2D eigenvalue weighted by Gasteiger charge is 2.36. The Morgan fingerprint density at radius 2 is 1.91 bits per heavy atom. The van der Waals surface area contributed by atoms with Crippen LogP contribution in [0.1, 0.15) is 21.7 Å². The van der Waals surface area contributed by atoms with Crippen LogP contribution >= 0.6 is 11.3 Å². The van der Waals surface area contributed by atoms with E-state index in [0.29, 0.717) is 19.6 Å². The first kappa shape index (κ1) is 15.7. The molecule has 0 atom stereocenters. The van der Waals surface area contributed by atoms with E-state index in [2.05, 4.69) is 17.4 Å². The number of thiophene rings is 1. The van der Waals surface area contributed by atoms with Crippen LogP contribution in [0.5, 0.6) is 0 Å². The van der Waals surface area contributed by atoms with Crippen molar-refractivity contribution in [3.05, 3.63) is 58.3 Å². The van der Waals surface area contributed by atoms with Crippen LogP contribution in [0.4, 0.5) is 0 Å². The van der Waals surface area contributed by atoms with Gasteiger partial charge in [0.05, 0.1) is 10.8 Å². The summed E-state index contributed by atoms with van der Waals surface area (Å²) in [5.74, 6) is 0.0389. The lowest BCUT2D eigenvalue weighted by atomic mass is 9.98. The molecule has 0 saturated carbocycles. The third kappa shape index (κ3) is 3.99. The van der Waals surface area contributed by atoms with E-state index in [1.807, 2.05) is 35.7 Å². The van der Waals surface area contributed by atoms with Crippen molar-refractivity contribution >= 4 is 23.2 Å². The molecule has 120 valence electrons. The Labute approximate surface area is 140 Å². The number of hydrogen-bond acceptors (Lipinski definition) is 3. The number of amides is 2.